The van der Waals surface area contributed by atoms with Gasteiger partial charge in [0.15, 0.2) is 16.0 Å². The second-order valence-corrected chi connectivity index (χ2v) is 24.2. The number of amides is 4. The summed E-state index contributed by atoms with van der Waals surface area (Å²) in [6.45, 7) is 9.35. The number of carbonyl (C=O) groups is 5. The number of hydrogen-bond acceptors (Lipinski definition) is 14. The second-order valence-electron chi connectivity index (χ2n) is 21.3. The quantitative estimate of drug-likeness (QED) is 0.0336. The molecule has 1 fully saturated rings. The summed E-state index contributed by atoms with van der Waals surface area (Å²) in [4.78, 5) is 85.4. The van der Waals surface area contributed by atoms with Gasteiger partial charge in [0.2, 0.25) is 17.7 Å². The van der Waals surface area contributed by atoms with Gasteiger partial charge in [-0.2, -0.15) is 0 Å². The third-order valence-electron chi connectivity index (χ3n) is 14.3. The molecule has 0 aliphatic carbocycles. The molecule has 16 nitrogen and oxygen atoms in total. The largest absolute Gasteiger partial charge is 0.494 e. The van der Waals surface area contributed by atoms with Gasteiger partial charge in [-0.3, -0.25) is 24.5 Å². The van der Waals surface area contributed by atoms with E-state index in [1.165, 1.54) is 27.6 Å². The first-order chi connectivity index (χ1) is 38.6. The van der Waals surface area contributed by atoms with Crippen molar-refractivity contribution < 1.29 is 38.9 Å². The van der Waals surface area contributed by atoms with E-state index in [1.807, 2.05) is 124 Å². The molecule has 5 N–H and O–H groups in total. The highest BCUT2D eigenvalue weighted by molar-refractivity contribution is 7.22. The highest BCUT2D eigenvalue weighted by Crippen LogP contribution is 2.34. The first kappa shape index (κ1) is 57.2. The average molecular weight is 1140 g/mol. The number of carboxylic acids is 1. The lowest BCUT2D eigenvalue weighted by Gasteiger charge is -2.35. The summed E-state index contributed by atoms with van der Waals surface area (Å²) in [6, 6.07) is 27.2. The van der Waals surface area contributed by atoms with Gasteiger partial charge in [-0.1, -0.05) is 105 Å². The highest BCUT2D eigenvalue weighted by atomic mass is 32.1. The molecule has 5 heterocycles. The molecule has 3 atom stereocenters. The summed E-state index contributed by atoms with van der Waals surface area (Å²) in [7, 11) is 0. The third kappa shape index (κ3) is 14.5. The first-order valence-electron chi connectivity index (χ1n) is 27.1. The molecule has 2 aliphatic heterocycles. The molecular weight excluding hydrogens is 1070 g/mol. The zero-order valence-corrected chi connectivity index (χ0v) is 47.8. The van der Waals surface area contributed by atoms with E-state index >= 15 is 0 Å². The maximum atomic E-state index is 14.1. The highest BCUT2D eigenvalue weighted by Gasteiger charge is 2.44. The van der Waals surface area contributed by atoms with Crippen LogP contribution in [0, 0.1) is 24.2 Å². The van der Waals surface area contributed by atoms with Crippen molar-refractivity contribution in [2.24, 2.45) is 5.41 Å². The standard InChI is InChI=1S/C61H66N8O8S3/c1-38-53(78-37-63-38)42-26-22-40(23-27-42)34-62-56(73)48-33-43(70)35-69(48)57(74)54(61(2,3)4)65-51(71)21-10-8-6-5-7-9-15-39-24-28-44(29-25-39)77-32-14-20-50-52(58(75)76)66-60(80-50)68-31-30-41-16-13-17-45(46(41)36-68)55(72)67-59-64-47-18-11-12-19-49(47)79-59/h11-13,16-19,22-29,37,43,48,54,70H,5-8,10,14,20-21,30-36H2,1-4H3,(H,62,73)(H,65,71)(H,75,76)(H,64,67,72)/t43-,48+,54-/m1/s1. The number of aromatic nitrogens is 3. The molecule has 3 aromatic heterocycles. The van der Waals surface area contributed by atoms with Crippen molar-refractivity contribution in [2.75, 3.05) is 29.9 Å². The fraction of sp³-hybridized carbons (Fsp3) is 0.377. The third-order valence-corrected chi connectivity index (χ3v) is 17.4. The van der Waals surface area contributed by atoms with Crippen LogP contribution >= 0.6 is 34.0 Å². The van der Waals surface area contributed by atoms with Gasteiger partial charge < -0.3 is 35.4 Å². The number of hydrogen-bond donors (Lipinski definition) is 5. The molecule has 0 unspecified atom stereocenters. The van der Waals surface area contributed by atoms with Crippen molar-refractivity contribution in [3.63, 3.8) is 0 Å². The number of β-amino-alcohol motifs (C(OH)–C–C–N with tert-alkyl or cyclic N) is 1. The number of para-hydroxylation sites is 1. The van der Waals surface area contributed by atoms with Crippen molar-refractivity contribution in [2.45, 2.75) is 123 Å². The summed E-state index contributed by atoms with van der Waals surface area (Å²) >= 11 is 4.37. The molecule has 19 heteroatoms. The lowest BCUT2D eigenvalue weighted by Crippen LogP contribution is -2.57. The number of aromatic carboxylic acids is 1. The Labute approximate surface area is 478 Å². The Balaban J connectivity index is 0.669. The Kier molecular flexibility index (Phi) is 18.7. The minimum Gasteiger partial charge on any atom is -0.494 e. The molecule has 7 aromatic rings. The number of aliphatic hydroxyl groups excluding tert-OH is 1. The Morgan fingerprint density at radius 1 is 0.900 bits per heavy atom. The van der Waals surface area contributed by atoms with E-state index in [9.17, 15) is 34.2 Å². The molecule has 0 bridgehead atoms. The van der Waals surface area contributed by atoms with Crippen LogP contribution in [-0.2, 0) is 40.3 Å². The number of ether oxygens (including phenoxy) is 1. The number of anilines is 2. The van der Waals surface area contributed by atoms with Gasteiger partial charge in [-0.05, 0) is 109 Å². The van der Waals surface area contributed by atoms with Crippen LogP contribution < -0.4 is 25.6 Å². The molecule has 1 saturated heterocycles. The predicted molar refractivity (Wildman–Crippen MR) is 314 cm³/mol. The van der Waals surface area contributed by atoms with Crippen molar-refractivity contribution in [3.05, 3.63) is 141 Å². The van der Waals surface area contributed by atoms with Crippen LogP contribution in [-0.4, -0.2) is 97.5 Å². The number of thiazole rings is 3. The zero-order valence-electron chi connectivity index (χ0n) is 45.4. The SMILES string of the molecule is Cc1ncsc1-c1ccc(CNC(=O)[C@@H]2C[C@@H](O)CN2C(=O)[C@@H](NC(=O)CCCCCCC#Cc2ccc(OCCCc3sc(N4CCc5cccc(C(=O)Nc6nc7ccccc7s6)c5C4)nc3C(=O)O)cc2)C(C)(C)C)cc1. The van der Waals surface area contributed by atoms with Crippen LogP contribution in [0.1, 0.15) is 126 Å². The van der Waals surface area contributed by atoms with E-state index < -0.39 is 29.6 Å². The molecule has 80 heavy (non-hydrogen) atoms. The van der Waals surface area contributed by atoms with Crippen LogP contribution in [0.25, 0.3) is 20.7 Å². The van der Waals surface area contributed by atoms with Gasteiger partial charge in [0.25, 0.3) is 5.91 Å². The molecule has 4 amide bonds. The van der Waals surface area contributed by atoms with Gasteiger partial charge in [-0.25, -0.2) is 19.7 Å². The number of likely N-dealkylation sites (tertiary alicyclic amines) is 1. The van der Waals surface area contributed by atoms with E-state index in [2.05, 4.69) is 47.6 Å². The molecule has 0 radical (unpaired) electrons. The Morgan fingerprint density at radius 2 is 1.69 bits per heavy atom. The van der Waals surface area contributed by atoms with Gasteiger partial charge in [0.05, 0.1) is 39.0 Å². The summed E-state index contributed by atoms with van der Waals surface area (Å²) in [5.41, 5.74) is 8.37. The van der Waals surface area contributed by atoms with E-state index in [4.69, 9.17) is 4.74 Å². The van der Waals surface area contributed by atoms with E-state index in [1.54, 1.807) is 11.3 Å². The summed E-state index contributed by atoms with van der Waals surface area (Å²) in [6.07, 6.45) is 5.24. The summed E-state index contributed by atoms with van der Waals surface area (Å²) < 4.78 is 7.02. The number of nitrogens with one attached hydrogen (secondary N) is 3. The topological polar surface area (TPSA) is 216 Å². The molecule has 4 aromatic carbocycles. The number of aryl methyl sites for hydroxylation is 2. The minimum absolute atomic E-state index is 0.0140. The Bertz CT molecular complexity index is 3380. The van der Waals surface area contributed by atoms with E-state index in [-0.39, 0.29) is 55.3 Å². The van der Waals surface area contributed by atoms with Gasteiger partial charge in [0.1, 0.15) is 17.8 Å². The van der Waals surface area contributed by atoms with E-state index in [0.717, 1.165) is 67.9 Å². The number of carboxylic acid groups (broad SMARTS) is 1. The number of carbonyl (C=O) groups excluding carboxylic acids is 4. The number of benzene rings is 4. The molecule has 9 rings (SSSR count). The number of aliphatic hydroxyl groups is 1. The van der Waals surface area contributed by atoms with Gasteiger partial charge in [0, 0.05) is 61.4 Å². The smallest absolute Gasteiger partial charge is 0.355 e. The molecular formula is C61H66N8O8S3. The molecule has 2 aliphatic rings. The fourth-order valence-corrected chi connectivity index (χ4v) is 12.7. The number of fused-ring (bicyclic) bond motifs is 2. The van der Waals surface area contributed by atoms with Crippen LogP contribution in [0.3, 0.4) is 0 Å². The van der Waals surface area contributed by atoms with Crippen molar-refractivity contribution in [3.8, 4) is 28.0 Å². The van der Waals surface area contributed by atoms with Crippen molar-refractivity contribution in [1.82, 2.24) is 30.5 Å². The van der Waals surface area contributed by atoms with Crippen molar-refractivity contribution >= 4 is 84.1 Å². The minimum atomic E-state index is -1.08. The Morgan fingerprint density at radius 3 is 2.44 bits per heavy atom. The van der Waals surface area contributed by atoms with Crippen LogP contribution in [0.15, 0.2) is 96.5 Å². The number of nitrogens with zero attached hydrogens (tertiary/aromatic N) is 5. The average Bonchev–Trinajstić information content (AvgIpc) is 4.27. The maximum absolute atomic E-state index is 14.1. The second kappa shape index (κ2) is 26.2. The lowest BCUT2D eigenvalue weighted by molar-refractivity contribution is -0.144. The monoisotopic (exact) mass is 1130 g/mol. The molecule has 416 valence electrons. The predicted octanol–water partition coefficient (Wildman–Crippen LogP) is 10.2. The first-order valence-corrected chi connectivity index (χ1v) is 29.6. The summed E-state index contributed by atoms with van der Waals surface area (Å²) in [5, 5.41) is 30.7. The molecule has 0 spiro atoms. The van der Waals surface area contributed by atoms with Crippen LogP contribution in [0.5, 0.6) is 5.75 Å². The van der Waals surface area contributed by atoms with E-state index in [0.29, 0.717) is 78.3 Å². The molecule has 0 saturated carbocycles. The van der Waals surface area contributed by atoms with Crippen molar-refractivity contribution in [1.29, 1.82) is 0 Å². The van der Waals surface area contributed by atoms with Gasteiger partial charge in [-0.15, -0.1) is 22.7 Å². The fourth-order valence-electron chi connectivity index (χ4n) is 9.95. The normalized spacial score (nSPS) is 15.4. The zero-order chi connectivity index (χ0) is 56.3. The Hall–Kier alpha value is -7.50. The van der Waals surface area contributed by atoms with Crippen LogP contribution in [0.4, 0.5) is 10.3 Å². The van der Waals surface area contributed by atoms with Gasteiger partial charge >= 0.3 is 5.97 Å². The lowest BCUT2D eigenvalue weighted by atomic mass is 9.85. The number of unbranched alkanes of at least 4 members (excludes halogenated alkanes) is 4. The van der Waals surface area contributed by atoms with Crippen LogP contribution in [0.2, 0.25) is 0 Å². The number of rotatable bonds is 21. The summed E-state index contributed by atoms with van der Waals surface area (Å²) in [5.74, 6) is 4.87. The maximum Gasteiger partial charge on any atom is 0.355 e.